The van der Waals surface area contributed by atoms with Crippen LogP contribution in [0.5, 0.6) is 0 Å². The Bertz CT molecular complexity index is 621. The second-order valence-electron chi connectivity index (χ2n) is 4.28. The van der Waals surface area contributed by atoms with E-state index in [0.29, 0.717) is 23.5 Å². The van der Waals surface area contributed by atoms with E-state index >= 15 is 0 Å². The molecule has 0 unspecified atom stereocenters. The van der Waals surface area contributed by atoms with Crippen molar-refractivity contribution in [2.24, 2.45) is 0 Å². The Morgan fingerprint density at radius 2 is 2.11 bits per heavy atom. The van der Waals surface area contributed by atoms with Gasteiger partial charge in [-0.3, -0.25) is 5.10 Å². The number of aromatic nitrogens is 2. The van der Waals surface area contributed by atoms with Crippen LogP contribution in [0.2, 0.25) is 0 Å². The number of nitrogens with one attached hydrogen (secondary N) is 2. The summed E-state index contributed by atoms with van der Waals surface area (Å²) in [4.78, 5) is 0.361. The van der Waals surface area contributed by atoms with E-state index in [-0.39, 0.29) is 5.75 Å². The highest BCUT2D eigenvalue weighted by Crippen LogP contribution is 2.23. The first kappa shape index (κ1) is 13.6. The summed E-state index contributed by atoms with van der Waals surface area (Å²) >= 11 is 0. The monoisotopic (exact) mass is 279 g/mol. The van der Waals surface area contributed by atoms with Crippen LogP contribution in [0.1, 0.15) is 18.9 Å². The van der Waals surface area contributed by atoms with E-state index in [1.807, 2.05) is 13.0 Å². The first-order chi connectivity index (χ1) is 9.13. The molecule has 1 heterocycles. The molecule has 1 aromatic carbocycles. The average Bonchev–Trinajstić information content (AvgIpc) is 2.90. The third kappa shape index (κ3) is 3.35. The zero-order valence-corrected chi connectivity index (χ0v) is 11.6. The van der Waals surface area contributed by atoms with Gasteiger partial charge in [0.25, 0.3) is 0 Å². The standard InChI is InChI=1S/C13H17N3O2S/c1-2-7-19(17,18)13-6-4-3-5-12(13)14-8-11-9-15-16-10-11/h3-6,9-10,14H,2,7-8H2,1H3,(H,15,16). The summed E-state index contributed by atoms with van der Waals surface area (Å²) in [6, 6.07) is 6.99. The number of hydrogen-bond donors (Lipinski definition) is 2. The van der Waals surface area contributed by atoms with Gasteiger partial charge in [-0.05, 0) is 18.6 Å². The fraction of sp³-hybridized carbons (Fsp3) is 0.308. The van der Waals surface area contributed by atoms with Crippen molar-refractivity contribution in [1.29, 1.82) is 0 Å². The largest absolute Gasteiger partial charge is 0.380 e. The lowest BCUT2D eigenvalue weighted by Gasteiger charge is -2.11. The van der Waals surface area contributed by atoms with E-state index < -0.39 is 9.84 Å². The zero-order chi connectivity index (χ0) is 13.7. The summed E-state index contributed by atoms with van der Waals surface area (Å²) < 4.78 is 24.3. The quantitative estimate of drug-likeness (QED) is 0.850. The number of sulfone groups is 1. The lowest BCUT2D eigenvalue weighted by Crippen LogP contribution is -2.10. The van der Waals surface area contributed by atoms with Crippen LogP contribution in [0.3, 0.4) is 0 Å². The molecular formula is C13H17N3O2S. The zero-order valence-electron chi connectivity index (χ0n) is 10.8. The Morgan fingerprint density at radius 1 is 1.32 bits per heavy atom. The summed E-state index contributed by atoms with van der Waals surface area (Å²) in [6.45, 7) is 2.40. The van der Waals surface area contributed by atoms with Gasteiger partial charge in [0.05, 0.1) is 22.5 Å². The molecule has 0 saturated heterocycles. The molecule has 5 nitrogen and oxygen atoms in total. The lowest BCUT2D eigenvalue weighted by atomic mass is 10.3. The summed E-state index contributed by atoms with van der Waals surface area (Å²) in [7, 11) is -3.22. The van der Waals surface area contributed by atoms with Crippen molar-refractivity contribution in [3.05, 3.63) is 42.2 Å². The summed E-state index contributed by atoms with van der Waals surface area (Å²) in [5.74, 6) is 0.164. The first-order valence-corrected chi connectivity index (χ1v) is 7.82. The molecular weight excluding hydrogens is 262 g/mol. The third-order valence-corrected chi connectivity index (χ3v) is 4.70. The van der Waals surface area contributed by atoms with E-state index in [1.54, 1.807) is 30.6 Å². The molecule has 0 aliphatic heterocycles. The lowest BCUT2D eigenvalue weighted by molar-refractivity contribution is 0.595. The summed E-state index contributed by atoms with van der Waals surface area (Å²) in [5.41, 5.74) is 1.61. The predicted octanol–water partition coefficient (Wildman–Crippen LogP) is 2.21. The van der Waals surface area contributed by atoms with Gasteiger partial charge in [0.2, 0.25) is 0 Å². The van der Waals surface area contributed by atoms with Gasteiger partial charge in [-0.15, -0.1) is 0 Å². The number of aromatic amines is 1. The van der Waals surface area contributed by atoms with Crippen LogP contribution in [-0.2, 0) is 16.4 Å². The average molecular weight is 279 g/mol. The molecule has 1 aromatic heterocycles. The molecule has 2 rings (SSSR count). The molecule has 102 valence electrons. The van der Waals surface area contributed by atoms with E-state index in [9.17, 15) is 8.42 Å². The number of hydrogen-bond acceptors (Lipinski definition) is 4. The molecule has 0 fully saturated rings. The molecule has 0 saturated carbocycles. The van der Waals surface area contributed by atoms with Gasteiger partial charge in [-0.25, -0.2) is 8.42 Å². The van der Waals surface area contributed by atoms with Crippen LogP contribution < -0.4 is 5.32 Å². The smallest absolute Gasteiger partial charge is 0.180 e. The Morgan fingerprint density at radius 3 is 2.79 bits per heavy atom. The van der Waals surface area contributed by atoms with Gasteiger partial charge in [-0.1, -0.05) is 19.1 Å². The van der Waals surface area contributed by atoms with Crippen molar-refractivity contribution in [3.63, 3.8) is 0 Å². The minimum Gasteiger partial charge on any atom is -0.380 e. The van der Waals surface area contributed by atoms with Crippen molar-refractivity contribution in [1.82, 2.24) is 10.2 Å². The van der Waals surface area contributed by atoms with E-state index in [1.165, 1.54) is 0 Å². The Balaban J connectivity index is 2.21. The maximum absolute atomic E-state index is 12.2. The van der Waals surface area contributed by atoms with E-state index in [2.05, 4.69) is 15.5 Å². The number of anilines is 1. The van der Waals surface area contributed by atoms with Crippen LogP contribution in [0.4, 0.5) is 5.69 Å². The number of benzene rings is 1. The molecule has 19 heavy (non-hydrogen) atoms. The third-order valence-electron chi connectivity index (χ3n) is 2.73. The van der Waals surface area contributed by atoms with Crippen molar-refractivity contribution in [2.45, 2.75) is 24.8 Å². The SMILES string of the molecule is CCCS(=O)(=O)c1ccccc1NCc1cn[nH]c1. The molecule has 0 bridgehead atoms. The molecule has 2 aromatic rings. The van der Waals surface area contributed by atoms with Gasteiger partial charge < -0.3 is 5.32 Å². The maximum Gasteiger partial charge on any atom is 0.180 e. The van der Waals surface area contributed by atoms with Crippen LogP contribution >= 0.6 is 0 Å². The van der Waals surface area contributed by atoms with Gasteiger partial charge >= 0.3 is 0 Å². The van der Waals surface area contributed by atoms with Crippen LogP contribution in [0, 0.1) is 0 Å². The Labute approximate surface area is 113 Å². The summed E-state index contributed by atoms with van der Waals surface area (Å²) in [6.07, 6.45) is 4.09. The maximum atomic E-state index is 12.2. The molecule has 0 aliphatic rings. The second-order valence-corrected chi connectivity index (χ2v) is 6.35. The van der Waals surface area contributed by atoms with Crippen LogP contribution in [0.15, 0.2) is 41.6 Å². The van der Waals surface area contributed by atoms with Gasteiger partial charge in [0.1, 0.15) is 0 Å². The molecule has 0 spiro atoms. The number of para-hydroxylation sites is 1. The molecule has 0 radical (unpaired) electrons. The van der Waals surface area contributed by atoms with Gasteiger partial charge in [-0.2, -0.15) is 5.10 Å². The topological polar surface area (TPSA) is 74.8 Å². The van der Waals surface area contributed by atoms with Crippen molar-refractivity contribution in [3.8, 4) is 0 Å². The molecule has 0 atom stereocenters. The van der Waals surface area contributed by atoms with Crippen LogP contribution in [-0.4, -0.2) is 24.4 Å². The molecule has 0 aliphatic carbocycles. The summed E-state index contributed by atoms with van der Waals surface area (Å²) in [5, 5.41) is 9.72. The fourth-order valence-corrected chi connectivity index (χ4v) is 3.35. The van der Waals surface area contributed by atoms with Gasteiger partial charge in [0.15, 0.2) is 9.84 Å². The first-order valence-electron chi connectivity index (χ1n) is 6.17. The number of H-pyrrole nitrogens is 1. The van der Waals surface area contributed by atoms with Crippen LogP contribution in [0.25, 0.3) is 0 Å². The predicted molar refractivity (Wildman–Crippen MR) is 74.7 cm³/mol. The fourth-order valence-electron chi connectivity index (χ4n) is 1.83. The minimum absolute atomic E-state index is 0.164. The number of rotatable bonds is 6. The molecule has 2 N–H and O–H groups in total. The van der Waals surface area contributed by atoms with Crippen molar-refractivity contribution < 1.29 is 8.42 Å². The highest BCUT2D eigenvalue weighted by atomic mass is 32.2. The van der Waals surface area contributed by atoms with Crippen molar-refractivity contribution in [2.75, 3.05) is 11.1 Å². The molecule has 6 heteroatoms. The second kappa shape index (κ2) is 5.88. The van der Waals surface area contributed by atoms with E-state index in [0.717, 1.165) is 5.56 Å². The Kier molecular flexibility index (Phi) is 4.21. The highest BCUT2D eigenvalue weighted by Gasteiger charge is 2.17. The Hall–Kier alpha value is -1.82. The minimum atomic E-state index is -3.22. The normalized spacial score (nSPS) is 11.4. The van der Waals surface area contributed by atoms with Gasteiger partial charge in [0, 0.05) is 18.3 Å². The van der Waals surface area contributed by atoms with E-state index in [4.69, 9.17) is 0 Å². The van der Waals surface area contributed by atoms with Crippen molar-refractivity contribution >= 4 is 15.5 Å². The molecule has 0 amide bonds. The highest BCUT2D eigenvalue weighted by molar-refractivity contribution is 7.91. The number of nitrogens with zero attached hydrogens (tertiary/aromatic N) is 1.